The summed E-state index contributed by atoms with van der Waals surface area (Å²) in [5.74, 6) is -2.52. The van der Waals surface area contributed by atoms with Crippen molar-refractivity contribution in [3.8, 4) is 22.5 Å². The quantitative estimate of drug-likeness (QED) is 0.465. The molecule has 0 bridgehead atoms. The molecule has 7 rings (SSSR count). The number of furan rings is 1. The van der Waals surface area contributed by atoms with Gasteiger partial charge in [-0.25, -0.2) is 13.6 Å². The van der Waals surface area contributed by atoms with E-state index in [9.17, 15) is 19.1 Å². The molecule has 2 saturated heterocycles. The molecular weight excluding hydrogens is 540 g/mol. The highest BCUT2D eigenvalue weighted by Crippen LogP contribution is 2.51. The lowest BCUT2D eigenvalue weighted by atomic mass is 9.91. The van der Waals surface area contributed by atoms with E-state index in [1.807, 2.05) is 24.3 Å². The predicted octanol–water partition coefficient (Wildman–Crippen LogP) is 3.89. The van der Waals surface area contributed by atoms with Crippen LogP contribution in [0.3, 0.4) is 0 Å². The second-order valence-electron chi connectivity index (χ2n) is 9.81. The van der Waals surface area contributed by atoms with Crippen LogP contribution in [0.2, 0.25) is 0 Å². The fourth-order valence-corrected chi connectivity index (χ4v) is 6.01. The summed E-state index contributed by atoms with van der Waals surface area (Å²) < 4.78 is 52.1. The number of amides is 1. The molecule has 3 atom stereocenters. The molecule has 4 heterocycles. The number of carbonyl (C=O) groups is 2. The van der Waals surface area contributed by atoms with Crippen LogP contribution in [0.4, 0.5) is 13.6 Å². The van der Waals surface area contributed by atoms with Gasteiger partial charge in [0.1, 0.15) is 18.0 Å². The topological polar surface area (TPSA) is 105 Å². The number of benzene rings is 2. The molecule has 1 aromatic heterocycles. The molecule has 0 spiro atoms. The number of hydrogen-bond acceptors (Lipinski definition) is 9. The molecule has 1 N–H and O–H groups in total. The van der Waals surface area contributed by atoms with Crippen molar-refractivity contribution in [3.05, 3.63) is 95.2 Å². The number of fused-ring (bicyclic) bond motifs is 7. The second kappa shape index (κ2) is 9.54. The summed E-state index contributed by atoms with van der Waals surface area (Å²) in [5, 5.41) is 14.0. The third-order valence-electron chi connectivity index (χ3n) is 7.74. The van der Waals surface area contributed by atoms with Crippen LogP contribution in [-0.2, 0) is 19.0 Å². The smallest absolute Gasteiger partial charge is 0.464 e. The highest BCUT2D eigenvalue weighted by molar-refractivity contribution is 5.95. The summed E-state index contributed by atoms with van der Waals surface area (Å²) in [6.45, 7) is 0.545. The van der Waals surface area contributed by atoms with E-state index in [0.29, 0.717) is 28.0 Å². The van der Waals surface area contributed by atoms with Crippen LogP contribution in [-0.4, -0.2) is 71.2 Å². The predicted molar refractivity (Wildman–Crippen MR) is 137 cm³/mol. The number of carbonyl (C=O) groups excluding carboxylic acids is 2. The van der Waals surface area contributed by atoms with E-state index in [4.69, 9.17) is 13.9 Å². The summed E-state index contributed by atoms with van der Waals surface area (Å²) in [6, 6.07) is 10.7. The lowest BCUT2D eigenvalue weighted by Gasteiger charge is -2.55. The maximum Gasteiger partial charge on any atom is 0.513 e. The second-order valence-corrected chi connectivity index (χ2v) is 9.81. The molecule has 41 heavy (non-hydrogen) atoms. The van der Waals surface area contributed by atoms with Crippen molar-refractivity contribution in [3.63, 3.8) is 0 Å². The van der Waals surface area contributed by atoms with Crippen LogP contribution in [0.15, 0.2) is 76.9 Å². The van der Waals surface area contributed by atoms with E-state index in [1.165, 1.54) is 29.6 Å². The summed E-state index contributed by atoms with van der Waals surface area (Å²) in [7, 11) is 1.11. The van der Waals surface area contributed by atoms with Gasteiger partial charge in [0.05, 0.1) is 32.6 Å². The molecule has 2 fully saturated rings. The van der Waals surface area contributed by atoms with Gasteiger partial charge in [-0.2, -0.15) is 5.01 Å². The van der Waals surface area contributed by atoms with Gasteiger partial charge in [-0.1, -0.05) is 30.3 Å². The van der Waals surface area contributed by atoms with Crippen molar-refractivity contribution < 1.29 is 42.1 Å². The first-order chi connectivity index (χ1) is 19.9. The SMILES string of the molecule is COC(=O)OC1=C2C(=O)N3CCOCC3N(C3c4ccccc4-c4occc4-c4c3ccc(F)c4F)N2C=CC1O. The van der Waals surface area contributed by atoms with E-state index < -0.39 is 42.0 Å². The molecule has 0 saturated carbocycles. The van der Waals surface area contributed by atoms with Crippen LogP contribution in [0.1, 0.15) is 17.2 Å². The fourth-order valence-electron chi connectivity index (χ4n) is 6.01. The Morgan fingerprint density at radius 2 is 1.93 bits per heavy atom. The summed E-state index contributed by atoms with van der Waals surface area (Å²) in [4.78, 5) is 27.6. The van der Waals surface area contributed by atoms with E-state index in [1.54, 1.807) is 16.0 Å². The number of methoxy groups -OCH3 is 1. The minimum atomic E-state index is -1.42. The first-order valence-corrected chi connectivity index (χ1v) is 12.9. The average molecular weight is 564 g/mol. The zero-order valence-electron chi connectivity index (χ0n) is 21.6. The maximum absolute atomic E-state index is 15.7. The standard InChI is InChI=1S/C29H23F2N3O7/c1-38-29(37)41-27-20(35)8-10-33-25(27)28(36)32-11-13-39-14-21(32)34(33)24-15-4-2-3-5-16(15)26-18(9-12-40-26)22-17(24)6-7-19(30)23(22)31/h2-10,12,20-21,24,35H,11,13-14H2,1H3. The van der Waals surface area contributed by atoms with Crippen LogP contribution < -0.4 is 0 Å². The molecule has 0 radical (unpaired) electrons. The molecular formula is C29H23F2N3O7. The normalized spacial score (nSPS) is 23.2. The van der Waals surface area contributed by atoms with Crippen LogP contribution in [0.5, 0.6) is 0 Å². The van der Waals surface area contributed by atoms with Crippen molar-refractivity contribution in [2.75, 3.05) is 26.9 Å². The molecule has 2 aromatic carbocycles. The summed E-state index contributed by atoms with van der Waals surface area (Å²) >= 11 is 0. The van der Waals surface area contributed by atoms with Gasteiger partial charge >= 0.3 is 6.16 Å². The molecule has 10 nitrogen and oxygen atoms in total. The zero-order chi connectivity index (χ0) is 28.4. The molecule has 12 heteroatoms. The zero-order valence-corrected chi connectivity index (χ0v) is 21.6. The minimum Gasteiger partial charge on any atom is -0.464 e. The highest BCUT2D eigenvalue weighted by Gasteiger charge is 2.51. The first-order valence-electron chi connectivity index (χ1n) is 12.9. The number of ether oxygens (including phenoxy) is 3. The van der Waals surface area contributed by atoms with Crippen LogP contribution >= 0.6 is 0 Å². The van der Waals surface area contributed by atoms with Crippen molar-refractivity contribution in [2.24, 2.45) is 0 Å². The molecule has 3 unspecified atom stereocenters. The molecule has 1 aliphatic carbocycles. The Balaban J connectivity index is 1.52. The molecule has 4 aliphatic rings. The van der Waals surface area contributed by atoms with Gasteiger partial charge in [-0.15, -0.1) is 0 Å². The maximum atomic E-state index is 15.7. The van der Waals surface area contributed by atoms with Crippen LogP contribution in [0, 0.1) is 11.6 Å². The van der Waals surface area contributed by atoms with Gasteiger partial charge in [0.25, 0.3) is 5.91 Å². The Morgan fingerprint density at radius 1 is 1.10 bits per heavy atom. The average Bonchev–Trinajstić information content (AvgIpc) is 3.43. The van der Waals surface area contributed by atoms with Gasteiger partial charge in [0.2, 0.25) is 0 Å². The van der Waals surface area contributed by atoms with Gasteiger partial charge in [0, 0.05) is 29.4 Å². The number of aliphatic hydroxyl groups is 1. The molecule has 3 aromatic rings. The Hall–Kier alpha value is -4.52. The number of morpholine rings is 1. The molecule has 3 aliphatic heterocycles. The van der Waals surface area contributed by atoms with E-state index >= 15 is 4.39 Å². The number of rotatable bonds is 2. The van der Waals surface area contributed by atoms with Gasteiger partial charge in [-0.3, -0.25) is 9.80 Å². The number of aliphatic hydroxyl groups excluding tert-OH is 1. The lowest BCUT2D eigenvalue weighted by Crippen LogP contribution is -2.68. The van der Waals surface area contributed by atoms with Crippen molar-refractivity contribution in [2.45, 2.75) is 18.3 Å². The number of hydrazine groups is 1. The van der Waals surface area contributed by atoms with Crippen molar-refractivity contribution >= 4 is 12.1 Å². The van der Waals surface area contributed by atoms with E-state index in [0.717, 1.165) is 13.2 Å². The highest BCUT2D eigenvalue weighted by atomic mass is 19.2. The number of nitrogens with zero attached hydrogens (tertiary/aromatic N) is 3. The number of hydrogen-bond donors (Lipinski definition) is 1. The fraction of sp³-hybridized carbons (Fsp3) is 0.241. The Kier molecular flexibility index (Phi) is 5.92. The number of halogens is 2. The minimum absolute atomic E-state index is 0.0210. The first kappa shape index (κ1) is 25.4. The van der Waals surface area contributed by atoms with Gasteiger partial charge < -0.3 is 28.6 Å². The van der Waals surface area contributed by atoms with E-state index in [-0.39, 0.29) is 36.8 Å². The third kappa shape index (κ3) is 3.71. The lowest BCUT2D eigenvalue weighted by molar-refractivity contribution is -0.190. The van der Waals surface area contributed by atoms with Crippen molar-refractivity contribution in [1.29, 1.82) is 0 Å². The Bertz CT molecular complexity index is 1650. The van der Waals surface area contributed by atoms with Gasteiger partial charge in [-0.05, 0) is 29.3 Å². The molecule has 210 valence electrons. The monoisotopic (exact) mass is 563 g/mol. The summed E-state index contributed by atoms with van der Waals surface area (Å²) in [5.41, 5.74) is 2.02. The van der Waals surface area contributed by atoms with E-state index in [2.05, 4.69) is 4.74 Å². The van der Waals surface area contributed by atoms with Crippen LogP contribution in [0.25, 0.3) is 22.5 Å². The largest absolute Gasteiger partial charge is 0.513 e. The van der Waals surface area contributed by atoms with Crippen molar-refractivity contribution in [1.82, 2.24) is 14.9 Å². The summed E-state index contributed by atoms with van der Waals surface area (Å²) in [6.07, 6.45) is 1.02. The Morgan fingerprint density at radius 3 is 2.76 bits per heavy atom. The molecule has 1 amide bonds. The van der Waals surface area contributed by atoms with Gasteiger partial charge in [0.15, 0.2) is 23.1 Å². The Labute approximate surface area is 232 Å². The third-order valence-corrected chi connectivity index (χ3v) is 7.74.